The zero-order valence-electron chi connectivity index (χ0n) is 10.7. The molecule has 3 heteroatoms. The number of aromatic nitrogens is 1. The third-order valence-electron chi connectivity index (χ3n) is 3.25. The third kappa shape index (κ3) is 2.46. The number of nitrogens with zero attached hydrogens (tertiary/aromatic N) is 1. The number of thiazole rings is 1. The molecule has 0 aromatic carbocycles. The summed E-state index contributed by atoms with van der Waals surface area (Å²) in [6.45, 7) is 11.0. The van der Waals surface area contributed by atoms with E-state index in [2.05, 4.69) is 33.0 Å². The van der Waals surface area contributed by atoms with Crippen LogP contribution in [0.5, 0.6) is 0 Å². The van der Waals surface area contributed by atoms with E-state index in [1.165, 1.54) is 22.0 Å². The van der Waals surface area contributed by atoms with E-state index >= 15 is 0 Å². The predicted molar refractivity (Wildman–Crippen MR) is 70.1 cm³/mol. The standard InChI is InChI=1S/C13H22N2S/c1-5-14-7-11-12(8(2)3)15-13(16-11)10-6-9(10)4/h8-10,14H,5-7H2,1-4H3. The summed E-state index contributed by atoms with van der Waals surface area (Å²) in [5.74, 6) is 2.17. The van der Waals surface area contributed by atoms with E-state index in [4.69, 9.17) is 4.98 Å². The maximum atomic E-state index is 4.85. The lowest BCUT2D eigenvalue weighted by molar-refractivity contribution is 0.712. The summed E-state index contributed by atoms with van der Waals surface area (Å²) in [5.41, 5.74) is 1.32. The van der Waals surface area contributed by atoms with E-state index in [0.717, 1.165) is 24.9 Å². The van der Waals surface area contributed by atoms with E-state index in [0.29, 0.717) is 5.92 Å². The highest BCUT2D eigenvalue weighted by Crippen LogP contribution is 2.49. The molecular weight excluding hydrogens is 216 g/mol. The molecule has 1 aromatic rings. The largest absolute Gasteiger partial charge is 0.312 e. The predicted octanol–water partition coefficient (Wildman–Crippen LogP) is 3.50. The van der Waals surface area contributed by atoms with E-state index in [9.17, 15) is 0 Å². The van der Waals surface area contributed by atoms with Crippen molar-refractivity contribution in [3.8, 4) is 0 Å². The van der Waals surface area contributed by atoms with Gasteiger partial charge in [0.15, 0.2) is 0 Å². The van der Waals surface area contributed by atoms with Crippen molar-refractivity contribution in [2.75, 3.05) is 6.54 Å². The summed E-state index contributed by atoms with van der Waals surface area (Å²) >= 11 is 1.93. The Morgan fingerprint density at radius 2 is 2.19 bits per heavy atom. The minimum Gasteiger partial charge on any atom is -0.312 e. The van der Waals surface area contributed by atoms with Gasteiger partial charge in [-0.25, -0.2) is 4.98 Å². The monoisotopic (exact) mass is 238 g/mol. The zero-order valence-corrected chi connectivity index (χ0v) is 11.5. The van der Waals surface area contributed by atoms with E-state index in [-0.39, 0.29) is 0 Å². The topological polar surface area (TPSA) is 24.9 Å². The third-order valence-corrected chi connectivity index (χ3v) is 4.46. The Kier molecular flexibility index (Phi) is 3.65. The average Bonchev–Trinajstić information content (AvgIpc) is 2.80. The van der Waals surface area contributed by atoms with E-state index in [1.54, 1.807) is 0 Å². The quantitative estimate of drug-likeness (QED) is 0.849. The van der Waals surface area contributed by atoms with Gasteiger partial charge < -0.3 is 5.32 Å². The van der Waals surface area contributed by atoms with Crippen LogP contribution < -0.4 is 5.32 Å². The van der Waals surface area contributed by atoms with Crippen molar-refractivity contribution >= 4 is 11.3 Å². The van der Waals surface area contributed by atoms with Crippen molar-refractivity contribution in [2.45, 2.75) is 52.5 Å². The van der Waals surface area contributed by atoms with Crippen LogP contribution in [0.25, 0.3) is 0 Å². The first-order valence-electron chi connectivity index (χ1n) is 6.33. The van der Waals surface area contributed by atoms with Gasteiger partial charge in [-0.2, -0.15) is 0 Å². The summed E-state index contributed by atoms with van der Waals surface area (Å²) in [5, 5.41) is 4.79. The lowest BCUT2D eigenvalue weighted by atomic mass is 10.1. The van der Waals surface area contributed by atoms with Crippen LogP contribution in [0.1, 0.15) is 61.5 Å². The Balaban J connectivity index is 2.16. The second-order valence-electron chi connectivity index (χ2n) is 5.12. The van der Waals surface area contributed by atoms with Crippen LogP contribution in [0.3, 0.4) is 0 Å². The fraction of sp³-hybridized carbons (Fsp3) is 0.769. The van der Waals surface area contributed by atoms with Gasteiger partial charge in [-0.3, -0.25) is 0 Å². The fourth-order valence-electron chi connectivity index (χ4n) is 2.02. The molecule has 1 aliphatic carbocycles. The van der Waals surface area contributed by atoms with E-state index in [1.807, 2.05) is 11.3 Å². The maximum absolute atomic E-state index is 4.85. The summed E-state index contributed by atoms with van der Waals surface area (Å²) in [4.78, 5) is 6.30. The molecule has 1 heterocycles. The molecule has 1 N–H and O–H groups in total. The molecule has 0 aliphatic heterocycles. The van der Waals surface area contributed by atoms with Crippen molar-refractivity contribution in [3.05, 3.63) is 15.6 Å². The highest BCUT2D eigenvalue weighted by molar-refractivity contribution is 7.11. The highest BCUT2D eigenvalue weighted by Gasteiger charge is 2.37. The van der Waals surface area contributed by atoms with Gasteiger partial charge in [-0.15, -0.1) is 11.3 Å². The van der Waals surface area contributed by atoms with Crippen LogP contribution in [0.2, 0.25) is 0 Å². The molecule has 2 rings (SSSR count). The summed E-state index contributed by atoms with van der Waals surface area (Å²) in [6, 6.07) is 0. The molecule has 2 unspecified atom stereocenters. The Morgan fingerprint density at radius 1 is 1.50 bits per heavy atom. The Hall–Kier alpha value is -0.410. The minimum absolute atomic E-state index is 0.549. The zero-order chi connectivity index (χ0) is 11.7. The van der Waals surface area contributed by atoms with Crippen LogP contribution >= 0.6 is 11.3 Å². The summed E-state index contributed by atoms with van der Waals surface area (Å²) in [7, 11) is 0. The second kappa shape index (κ2) is 4.84. The van der Waals surface area contributed by atoms with Crippen molar-refractivity contribution < 1.29 is 0 Å². The van der Waals surface area contributed by atoms with Crippen LogP contribution in [-0.4, -0.2) is 11.5 Å². The van der Waals surface area contributed by atoms with Crippen molar-refractivity contribution in [3.63, 3.8) is 0 Å². The molecule has 16 heavy (non-hydrogen) atoms. The van der Waals surface area contributed by atoms with Gasteiger partial charge in [-0.05, 0) is 24.8 Å². The Morgan fingerprint density at radius 3 is 2.69 bits per heavy atom. The molecule has 0 saturated heterocycles. The lowest BCUT2D eigenvalue weighted by Crippen LogP contribution is -2.12. The van der Waals surface area contributed by atoms with Crippen LogP contribution in [0, 0.1) is 5.92 Å². The molecule has 1 aliphatic rings. The molecular formula is C13H22N2S. The smallest absolute Gasteiger partial charge is 0.0965 e. The summed E-state index contributed by atoms with van der Waals surface area (Å²) < 4.78 is 0. The molecule has 0 spiro atoms. The molecule has 1 fully saturated rings. The number of nitrogens with one attached hydrogen (secondary N) is 1. The van der Waals surface area contributed by atoms with Crippen molar-refractivity contribution in [1.82, 2.24) is 10.3 Å². The van der Waals surface area contributed by atoms with Crippen LogP contribution in [-0.2, 0) is 6.54 Å². The normalized spacial score (nSPS) is 24.1. The SMILES string of the molecule is CCNCc1sc(C2CC2C)nc1C(C)C. The maximum Gasteiger partial charge on any atom is 0.0965 e. The summed E-state index contributed by atoms with van der Waals surface area (Å²) in [6.07, 6.45) is 1.34. The first-order chi connectivity index (χ1) is 7.63. The average molecular weight is 238 g/mol. The molecule has 0 bridgehead atoms. The Bertz CT molecular complexity index is 357. The lowest BCUT2D eigenvalue weighted by Gasteiger charge is -2.04. The highest BCUT2D eigenvalue weighted by atomic mass is 32.1. The van der Waals surface area contributed by atoms with Crippen LogP contribution in [0.15, 0.2) is 0 Å². The van der Waals surface area contributed by atoms with Crippen molar-refractivity contribution in [2.24, 2.45) is 5.92 Å². The molecule has 1 saturated carbocycles. The number of hydrogen-bond donors (Lipinski definition) is 1. The van der Waals surface area contributed by atoms with Gasteiger partial charge in [0.1, 0.15) is 0 Å². The molecule has 90 valence electrons. The van der Waals surface area contributed by atoms with Gasteiger partial charge >= 0.3 is 0 Å². The van der Waals surface area contributed by atoms with E-state index < -0.39 is 0 Å². The molecule has 0 amide bonds. The minimum atomic E-state index is 0.549. The molecule has 0 radical (unpaired) electrons. The van der Waals surface area contributed by atoms with Gasteiger partial charge in [-0.1, -0.05) is 27.7 Å². The molecule has 2 nitrogen and oxygen atoms in total. The fourth-order valence-corrected chi connectivity index (χ4v) is 3.46. The van der Waals surface area contributed by atoms with Gasteiger partial charge in [0.2, 0.25) is 0 Å². The molecule has 1 aromatic heterocycles. The van der Waals surface area contributed by atoms with Crippen molar-refractivity contribution in [1.29, 1.82) is 0 Å². The van der Waals surface area contributed by atoms with Gasteiger partial charge in [0.25, 0.3) is 0 Å². The number of rotatable bonds is 5. The second-order valence-corrected chi connectivity index (χ2v) is 6.23. The number of hydrogen-bond acceptors (Lipinski definition) is 3. The van der Waals surface area contributed by atoms with Gasteiger partial charge in [0.05, 0.1) is 10.7 Å². The first-order valence-corrected chi connectivity index (χ1v) is 7.15. The van der Waals surface area contributed by atoms with Gasteiger partial charge in [0, 0.05) is 17.3 Å². The first kappa shape index (κ1) is 12.1. The van der Waals surface area contributed by atoms with Crippen LogP contribution in [0.4, 0.5) is 0 Å². The Labute approximate surface area is 102 Å². The molecule has 2 atom stereocenters.